The lowest BCUT2D eigenvalue weighted by molar-refractivity contribution is -0.113. The van der Waals surface area contributed by atoms with Gasteiger partial charge in [-0.1, -0.05) is 41.6 Å². The molecule has 1 N–H and O–H groups in total. The Balaban J connectivity index is 1.38. The van der Waals surface area contributed by atoms with Gasteiger partial charge in [0, 0.05) is 23.9 Å². The first-order valence-electron chi connectivity index (χ1n) is 10.8. The van der Waals surface area contributed by atoms with Crippen LogP contribution in [0, 0.1) is 6.92 Å². The molecule has 0 spiro atoms. The number of rotatable bonds is 6. The lowest BCUT2D eigenvalue weighted by Gasteiger charge is -2.19. The first-order chi connectivity index (χ1) is 16.5. The molecule has 0 bridgehead atoms. The van der Waals surface area contributed by atoms with Crippen LogP contribution < -0.4 is 20.3 Å². The van der Waals surface area contributed by atoms with Crippen LogP contribution in [0.25, 0.3) is 21.5 Å². The van der Waals surface area contributed by atoms with E-state index in [0.717, 1.165) is 22.7 Å². The fourth-order valence-electron chi connectivity index (χ4n) is 3.63. The molecule has 4 aromatic rings. The number of aromatic nitrogens is 3. The number of nitrogens with zero attached hydrogens (tertiary/aromatic N) is 3. The van der Waals surface area contributed by atoms with Crippen molar-refractivity contribution < 1.29 is 14.3 Å². The Morgan fingerprint density at radius 2 is 1.91 bits per heavy atom. The van der Waals surface area contributed by atoms with E-state index in [9.17, 15) is 9.59 Å². The molecule has 3 heterocycles. The second kappa shape index (κ2) is 9.47. The van der Waals surface area contributed by atoms with Crippen molar-refractivity contribution >= 4 is 45.1 Å². The van der Waals surface area contributed by atoms with Crippen molar-refractivity contribution in [3.05, 3.63) is 58.4 Å². The summed E-state index contributed by atoms with van der Waals surface area (Å²) in [4.78, 5) is 30.5. The number of benzene rings is 2. The van der Waals surface area contributed by atoms with Gasteiger partial charge in [0.05, 0.1) is 5.75 Å². The number of ether oxygens (including phenoxy) is 2. The second-order valence-corrected chi connectivity index (χ2v) is 9.43. The summed E-state index contributed by atoms with van der Waals surface area (Å²) in [5.41, 5.74) is 3.78. The van der Waals surface area contributed by atoms with E-state index in [-0.39, 0.29) is 17.2 Å². The van der Waals surface area contributed by atoms with Crippen LogP contribution in [0.4, 0.5) is 5.69 Å². The number of hydrogen-bond donors (Lipinski definition) is 1. The molecule has 0 aliphatic carbocycles. The van der Waals surface area contributed by atoms with Crippen LogP contribution in [-0.2, 0) is 11.3 Å². The second-order valence-electron chi connectivity index (χ2n) is 7.71. The third-order valence-electron chi connectivity index (χ3n) is 5.34. The van der Waals surface area contributed by atoms with Crippen LogP contribution in [0.1, 0.15) is 12.5 Å². The van der Waals surface area contributed by atoms with Gasteiger partial charge in [-0.3, -0.25) is 14.2 Å². The molecule has 8 nitrogen and oxygen atoms in total. The third kappa shape index (κ3) is 4.38. The highest BCUT2D eigenvalue weighted by Crippen LogP contribution is 2.33. The van der Waals surface area contributed by atoms with Gasteiger partial charge >= 0.3 is 0 Å². The summed E-state index contributed by atoms with van der Waals surface area (Å²) < 4.78 is 17.7. The standard InChI is InChI=1S/C24H22N4O4S2/c1-3-28-23(30)22-21(20(27-34-22)15-6-4-14(2)5-7-15)26-24(28)33-13-19(29)25-16-8-9-17-18(12-16)32-11-10-31-17/h4-9,12H,3,10-11,13H2,1-2H3,(H,25,29). The molecular formula is C24H22N4O4S2. The fraction of sp³-hybridized carbons (Fsp3) is 0.250. The van der Waals surface area contributed by atoms with E-state index < -0.39 is 0 Å². The molecular weight excluding hydrogens is 472 g/mol. The van der Waals surface area contributed by atoms with E-state index in [1.807, 2.05) is 38.1 Å². The van der Waals surface area contributed by atoms with Gasteiger partial charge in [0.15, 0.2) is 16.7 Å². The summed E-state index contributed by atoms with van der Waals surface area (Å²) in [5.74, 6) is 1.17. The maximum atomic E-state index is 13.1. The van der Waals surface area contributed by atoms with E-state index in [0.29, 0.717) is 58.0 Å². The van der Waals surface area contributed by atoms with Crippen LogP contribution in [0.5, 0.6) is 11.5 Å². The number of fused-ring (bicyclic) bond motifs is 2. The number of thioether (sulfide) groups is 1. The molecule has 10 heteroatoms. The Hall–Kier alpha value is -3.37. The van der Waals surface area contributed by atoms with Gasteiger partial charge in [0.25, 0.3) is 5.56 Å². The molecule has 5 rings (SSSR count). The van der Waals surface area contributed by atoms with Gasteiger partial charge in [-0.15, -0.1) is 0 Å². The van der Waals surface area contributed by atoms with Gasteiger partial charge in [-0.05, 0) is 37.5 Å². The van der Waals surface area contributed by atoms with Crippen LogP contribution in [0.2, 0.25) is 0 Å². The predicted octanol–water partition coefficient (Wildman–Crippen LogP) is 4.35. The minimum absolute atomic E-state index is 0.101. The number of amides is 1. The zero-order chi connectivity index (χ0) is 23.7. The Kier molecular flexibility index (Phi) is 6.25. The summed E-state index contributed by atoms with van der Waals surface area (Å²) >= 11 is 2.39. The van der Waals surface area contributed by atoms with E-state index in [2.05, 4.69) is 9.69 Å². The van der Waals surface area contributed by atoms with Crippen molar-refractivity contribution in [2.45, 2.75) is 25.5 Å². The highest BCUT2D eigenvalue weighted by molar-refractivity contribution is 7.99. The number of nitrogens with one attached hydrogen (secondary N) is 1. The fourth-order valence-corrected chi connectivity index (χ4v) is 5.28. The number of anilines is 1. The van der Waals surface area contributed by atoms with Gasteiger partial charge < -0.3 is 14.8 Å². The third-order valence-corrected chi connectivity index (χ3v) is 7.15. The number of carbonyl (C=O) groups is 1. The number of carbonyl (C=O) groups excluding carboxylic acids is 1. The monoisotopic (exact) mass is 494 g/mol. The quantitative estimate of drug-likeness (QED) is 0.314. The molecule has 2 aromatic carbocycles. The molecule has 1 amide bonds. The van der Waals surface area contributed by atoms with Gasteiger partial charge in [-0.25, -0.2) is 4.98 Å². The first kappa shape index (κ1) is 22.4. The average molecular weight is 495 g/mol. The molecule has 174 valence electrons. The van der Waals surface area contributed by atoms with Crippen LogP contribution >= 0.6 is 23.3 Å². The van der Waals surface area contributed by atoms with Gasteiger partial charge in [0.2, 0.25) is 5.91 Å². The van der Waals surface area contributed by atoms with Crippen molar-refractivity contribution in [3.8, 4) is 22.8 Å². The van der Waals surface area contributed by atoms with Gasteiger partial charge in [0.1, 0.15) is 29.1 Å². The van der Waals surface area contributed by atoms with E-state index in [1.165, 1.54) is 11.8 Å². The summed E-state index contributed by atoms with van der Waals surface area (Å²) in [5, 5.41) is 3.36. The smallest absolute Gasteiger partial charge is 0.273 e. The van der Waals surface area contributed by atoms with Crippen molar-refractivity contribution in [2.75, 3.05) is 24.3 Å². The lowest BCUT2D eigenvalue weighted by Crippen LogP contribution is -2.23. The summed E-state index contributed by atoms with van der Waals surface area (Å²) in [6.45, 7) is 5.34. The maximum absolute atomic E-state index is 13.1. The molecule has 0 radical (unpaired) electrons. The number of aryl methyl sites for hydroxylation is 1. The van der Waals surface area contributed by atoms with E-state index in [4.69, 9.17) is 14.5 Å². The molecule has 2 aromatic heterocycles. The van der Waals surface area contributed by atoms with Crippen molar-refractivity contribution in [1.29, 1.82) is 0 Å². The SMILES string of the molecule is CCn1c(SCC(=O)Nc2ccc3c(c2)OCCO3)nc2c(-c3ccc(C)cc3)nsc2c1=O. The number of hydrogen-bond acceptors (Lipinski definition) is 8. The van der Waals surface area contributed by atoms with E-state index in [1.54, 1.807) is 22.8 Å². The average Bonchev–Trinajstić information content (AvgIpc) is 3.27. The predicted molar refractivity (Wildman–Crippen MR) is 134 cm³/mol. The maximum Gasteiger partial charge on any atom is 0.273 e. The zero-order valence-electron chi connectivity index (χ0n) is 18.7. The van der Waals surface area contributed by atoms with Crippen molar-refractivity contribution in [1.82, 2.24) is 13.9 Å². The molecule has 1 aliphatic heterocycles. The molecule has 1 aliphatic rings. The van der Waals surface area contributed by atoms with Crippen molar-refractivity contribution in [2.24, 2.45) is 0 Å². The zero-order valence-corrected chi connectivity index (χ0v) is 20.3. The van der Waals surface area contributed by atoms with Crippen LogP contribution in [0.3, 0.4) is 0 Å². The first-order valence-corrected chi connectivity index (χ1v) is 12.6. The summed E-state index contributed by atoms with van der Waals surface area (Å²) in [6, 6.07) is 13.3. The molecule has 0 fully saturated rings. The lowest BCUT2D eigenvalue weighted by atomic mass is 10.1. The van der Waals surface area contributed by atoms with Gasteiger partial charge in [-0.2, -0.15) is 4.37 Å². The van der Waals surface area contributed by atoms with E-state index >= 15 is 0 Å². The van der Waals surface area contributed by atoms with Crippen LogP contribution in [-0.4, -0.2) is 38.8 Å². The Labute approximate surface area is 204 Å². The largest absolute Gasteiger partial charge is 0.486 e. The molecule has 0 saturated carbocycles. The van der Waals surface area contributed by atoms with Crippen LogP contribution in [0.15, 0.2) is 52.4 Å². The topological polar surface area (TPSA) is 95.3 Å². The summed E-state index contributed by atoms with van der Waals surface area (Å²) in [7, 11) is 0. The Bertz CT molecular complexity index is 1430. The molecule has 0 atom stereocenters. The highest BCUT2D eigenvalue weighted by Gasteiger charge is 2.19. The minimum atomic E-state index is -0.208. The molecule has 0 saturated heterocycles. The Morgan fingerprint density at radius 3 is 2.68 bits per heavy atom. The molecule has 34 heavy (non-hydrogen) atoms. The van der Waals surface area contributed by atoms with Crippen molar-refractivity contribution in [3.63, 3.8) is 0 Å². The highest BCUT2D eigenvalue weighted by atomic mass is 32.2. The minimum Gasteiger partial charge on any atom is -0.486 e. The summed E-state index contributed by atoms with van der Waals surface area (Å²) in [6.07, 6.45) is 0. The Morgan fingerprint density at radius 1 is 1.15 bits per heavy atom. The normalized spacial score (nSPS) is 12.6. The molecule has 0 unspecified atom stereocenters.